The molecule has 24 heavy (non-hydrogen) atoms. The van der Waals surface area contributed by atoms with Gasteiger partial charge >= 0.3 is 5.97 Å². The average molecular weight is 316 g/mol. The van der Waals surface area contributed by atoms with Crippen LogP contribution in [-0.2, 0) is 11.2 Å². The Labute approximate surface area is 137 Å². The van der Waals surface area contributed by atoms with E-state index < -0.39 is 5.97 Å². The van der Waals surface area contributed by atoms with E-state index in [1.54, 1.807) is 24.3 Å². The number of carbonyl (C=O) groups excluding carboxylic acids is 2. The second-order valence-corrected chi connectivity index (χ2v) is 5.85. The summed E-state index contributed by atoms with van der Waals surface area (Å²) in [6.45, 7) is 0. The number of aliphatic carboxylic acids is 1. The van der Waals surface area contributed by atoms with Crippen LogP contribution in [0.15, 0.2) is 54.6 Å². The molecule has 4 heteroatoms. The van der Waals surface area contributed by atoms with E-state index in [9.17, 15) is 14.4 Å². The third-order valence-electron chi connectivity index (χ3n) is 4.30. The Morgan fingerprint density at radius 1 is 0.750 bits per heavy atom. The highest BCUT2D eigenvalue weighted by Crippen LogP contribution is 2.31. The first-order chi connectivity index (χ1) is 11.5. The van der Waals surface area contributed by atoms with Gasteiger partial charge in [-0.05, 0) is 34.5 Å². The Balaban J connectivity index is 1.92. The van der Waals surface area contributed by atoms with Gasteiger partial charge in [-0.25, -0.2) is 0 Å². The number of fused-ring (bicyclic) bond motifs is 3. The number of carboxylic acids is 1. The molecule has 0 aromatic heterocycles. The van der Waals surface area contributed by atoms with Crippen LogP contribution in [-0.4, -0.2) is 22.6 Å². The molecule has 0 saturated heterocycles. The van der Waals surface area contributed by atoms with Crippen molar-refractivity contribution >= 4 is 28.3 Å². The fraction of sp³-hybridized carbons (Fsp3) is 0.0500. The van der Waals surface area contributed by atoms with Crippen LogP contribution in [0.3, 0.4) is 0 Å². The SMILES string of the molecule is O=C(O)Cc1ccc2c(c1)C(=O)c1cc3ccccc3cc1C2=O. The third-order valence-corrected chi connectivity index (χ3v) is 4.30. The van der Waals surface area contributed by atoms with Gasteiger partial charge in [0.05, 0.1) is 6.42 Å². The molecular weight excluding hydrogens is 304 g/mol. The smallest absolute Gasteiger partial charge is 0.307 e. The Morgan fingerprint density at radius 3 is 1.88 bits per heavy atom. The lowest BCUT2D eigenvalue weighted by Crippen LogP contribution is -2.21. The maximum Gasteiger partial charge on any atom is 0.307 e. The predicted octanol–water partition coefficient (Wildman–Crippen LogP) is 3.24. The molecule has 1 N–H and O–H groups in total. The van der Waals surface area contributed by atoms with Crippen LogP contribution in [0.25, 0.3) is 10.8 Å². The summed E-state index contributed by atoms with van der Waals surface area (Å²) in [7, 11) is 0. The van der Waals surface area contributed by atoms with E-state index in [-0.39, 0.29) is 23.6 Å². The lowest BCUT2D eigenvalue weighted by molar-refractivity contribution is -0.136. The van der Waals surface area contributed by atoms with Crippen molar-refractivity contribution in [1.82, 2.24) is 0 Å². The molecule has 0 atom stereocenters. The number of benzene rings is 3. The normalized spacial score (nSPS) is 12.8. The van der Waals surface area contributed by atoms with Crippen LogP contribution in [0.4, 0.5) is 0 Å². The van der Waals surface area contributed by atoms with E-state index >= 15 is 0 Å². The third kappa shape index (κ3) is 2.12. The molecule has 4 nitrogen and oxygen atoms in total. The van der Waals surface area contributed by atoms with Gasteiger partial charge in [0.25, 0.3) is 0 Å². The molecule has 3 aromatic rings. The molecule has 0 bridgehead atoms. The van der Waals surface area contributed by atoms with Crippen LogP contribution >= 0.6 is 0 Å². The number of hydrogen-bond acceptors (Lipinski definition) is 3. The highest BCUT2D eigenvalue weighted by Gasteiger charge is 2.30. The van der Waals surface area contributed by atoms with Gasteiger partial charge in [-0.15, -0.1) is 0 Å². The number of hydrogen-bond donors (Lipinski definition) is 1. The molecule has 116 valence electrons. The van der Waals surface area contributed by atoms with Crippen LogP contribution in [0.5, 0.6) is 0 Å². The summed E-state index contributed by atoms with van der Waals surface area (Å²) in [4.78, 5) is 36.5. The summed E-state index contributed by atoms with van der Waals surface area (Å²) < 4.78 is 0. The zero-order valence-corrected chi connectivity index (χ0v) is 12.6. The van der Waals surface area contributed by atoms with Crippen molar-refractivity contribution in [3.8, 4) is 0 Å². The molecule has 0 radical (unpaired) electrons. The Bertz CT molecular complexity index is 1050. The zero-order chi connectivity index (χ0) is 16.8. The Morgan fingerprint density at radius 2 is 1.29 bits per heavy atom. The van der Waals surface area contributed by atoms with Gasteiger partial charge in [0, 0.05) is 22.3 Å². The highest BCUT2D eigenvalue weighted by molar-refractivity contribution is 6.29. The van der Waals surface area contributed by atoms with E-state index in [1.165, 1.54) is 6.07 Å². The van der Waals surface area contributed by atoms with E-state index in [1.807, 2.05) is 24.3 Å². The molecule has 0 saturated carbocycles. The minimum absolute atomic E-state index is 0.181. The van der Waals surface area contributed by atoms with Gasteiger partial charge in [-0.1, -0.05) is 36.4 Å². The van der Waals surface area contributed by atoms with Crippen LogP contribution < -0.4 is 0 Å². The predicted molar refractivity (Wildman–Crippen MR) is 88.6 cm³/mol. The Kier molecular flexibility index (Phi) is 3.06. The monoisotopic (exact) mass is 316 g/mol. The minimum atomic E-state index is -0.976. The molecule has 0 aliphatic heterocycles. The fourth-order valence-corrected chi connectivity index (χ4v) is 3.17. The lowest BCUT2D eigenvalue weighted by Gasteiger charge is -2.19. The maximum atomic E-state index is 12.8. The molecule has 0 heterocycles. The van der Waals surface area contributed by atoms with Crippen LogP contribution in [0, 0.1) is 0 Å². The summed E-state index contributed by atoms with van der Waals surface area (Å²) in [6, 6.07) is 15.7. The summed E-state index contributed by atoms with van der Waals surface area (Å²) in [5.74, 6) is -1.42. The first kappa shape index (κ1) is 14.3. The van der Waals surface area contributed by atoms with E-state index in [2.05, 4.69) is 0 Å². The molecule has 4 rings (SSSR count). The van der Waals surface area contributed by atoms with Crippen LogP contribution in [0.2, 0.25) is 0 Å². The fourth-order valence-electron chi connectivity index (χ4n) is 3.17. The van der Waals surface area contributed by atoms with Gasteiger partial charge in [0.2, 0.25) is 0 Å². The number of ketones is 2. The molecule has 0 fully saturated rings. The van der Waals surface area contributed by atoms with E-state index in [4.69, 9.17) is 5.11 Å². The van der Waals surface area contributed by atoms with Gasteiger partial charge < -0.3 is 5.11 Å². The van der Waals surface area contributed by atoms with Crippen molar-refractivity contribution in [3.63, 3.8) is 0 Å². The highest BCUT2D eigenvalue weighted by atomic mass is 16.4. The topological polar surface area (TPSA) is 71.4 Å². The number of carbonyl (C=O) groups is 3. The molecule has 0 amide bonds. The first-order valence-corrected chi connectivity index (χ1v) is 7.51. The van der Waals surface area contributed by atoms with Crippen LogP contribution in [0.1, 0.15) is 37.4 Å². The summed E-state index contributed by atoms with van der Waals surface area (Å²) in [5.41, 5.74) is 1.89. The van der Waals surface area contributed by atoms with Crippen molar-refractivity contribution in [2.45, 2.75) is 6.42 Å². The average Bonchev–Trinajstić information content (AvgIpc) is 2.58. The van der Waals surface area contributed by atoms with Gasteiger partial charge in [0.15, 0.2) is 11.6 Å². The van der Waals surface area contributed by atoms with E-state index in [0.29, 0.717) is 22.3 Å². The van der Waals surface area contributed by atoms with Crippen molar-refractivity contribution in [3.05, 3.63) is 82.4 Å². The van der Waals surface area contributed by atoms with Crippen molar-refractivity contribution in [2.24, 2.45) is 0 Å². The van der Waals surface area contributed by atoms with Gasteiger partial charge in [-0.2, -0.15) is 0 Å². The molecule has 0 unspecified atom stereocenters. The summed E-state index contributed by atoms with van der Waals surface area (Å²) in [5, 5.41) is 10.7. The van der Waals surface area contributed by atoms with Crippen molar-refractivity contribution in [1.29, 1.82) is 0 Å². The van der Waals surface area contributed by atoms with Crippen molar-refractivity contribution < 1.29 is 19.5 Å². The number of rotatable bonds is 2. The second-order valence-electron chi connectivity index (χ2n) is 5.85. The Hall–Kier alpha value is -3.27. The van der Waals surface area contributed by atoms with Gasteiger partial charge in [0.1, 0.15) is 0 Å². The van der Waals surface area contributed by atoms with Gasteiger partial charge in [-0.3, -0.25) is 14.4 Å². The zero-order valence-electron chi connectivity index (χ0n) is 12.6. The minimum Gasteiger partial charge on any atom is -0.481 e. The maximum absolute atomic E-state index is 12.8. The molecule has 1 aliphatic carbocycles. The van der Waals surface area contributed by atoms with Crippen molar-refractivity contribution in [2.75, 3.05) is 0 Å². The molecule has 1 aliphatic rings. The summed E-state index contributed by atoms with van der Waals surface area (Å²) in [6.07, 6.45) is -0.181. The second kappa shape index (κ2) is 5.13. The lowest BCUT2D eigenvalue weighted by atomic mass is 9.82. The molecular formula is C20H12O4. The summed E-state index contributed by atoms with van der Waals surface area (Å²) >= 11 is 0. The standard InChI is InChI=1S/C20H12O4/c21-18(22)8-11-5-6-14-15(7-11)20(24)17-10-13-4-2-1-3-12(13)9-16(17)19(14)23/h1-7,9-10H,8H2,(H,21,22). The number of carboxylic acid groups (broad SMARTS) is 1. The largest absolute Gasteiger partial charge is 0.481 e. The molecule has 3 aromatic carbocycles. The quantitative estimate of drug-likeness (QED) is 0.616. The molecule has 0 spiro atoms. The van der Waals surface area contributed by atoms with E-state index in [0.717, 1.165) is 10.8 Å². The first-order valence-electron chi connectivity index (χ1n) is 7.51.